The number of aromatic hydroxyl groups is 1. The molecule has 98 valence electrons. The molecule has 2 rings (SSSR count). The van der Waals surface area contributed by atoms with Gasteiger partial charge in [0.1, 0.15) is 5.75 Å². The van der Waals surface area contributed by atoms with Gasteiger partial charge in [-0.1, -0.05) is 12.1 Å². The minimum Gasteiger partial charge on any atom is -0.508 e. The van der Waals surface area contributed by atoms with Crippen molar-refractivity contribution < 1.29 is 9.90 Å². The standard InChI is InChI=1S/C15H16N2O2/c18-14-3-1-2-13(10-14)11-17-15(19)5-4-12-6-8-16-9-7-12/h1-3,6-10,18H,4-5,11H2,(H,17,19). The summed E-state index contributed by atoms with van der Waals surface area (Å²) in [6.07, 6.45) is 4.59. The average molecular weight is 256 g/mol. The molecule has 0 aliphatic carbocycles. The van der Waals surface area contributed by atoms with Gasteiger partial charge in [-0.15, -0.1) is 0 Å². The number of nitrogens with one attached hydrogen (secondary N) is 1. The number of amides is 1. The van der Waals surface area contributed by atoms with Crippen LogP contribution in [0.3, 0.4) is 0 Å². The van der Waals surface area contributed by atoms with E-state index in [9.17, 15) is 9.90 Å². The second-order valence-electron chi connectivity index (χ2n) is 4.30. The molecule has 2 aromatic rings. The minimum atomic E-state index is 0.000144. The number of pyridine rings is 1. The van der Waals surface area contributed by atoms with E-state index >= 15 is 0 Å². The molecule has 0 aliphatic rings. The molecule has 19 heavy (non-hydrogen) atoms. The highest BCUT2D eigenvalue weighted by molar-refractivity contribution is 5.76. The molecule has 4 nitrogen and oxygen atoms in total. The molecule has 1 heterocycles. The number of carbonyl (C=O) groups is 1. The van der Waals surface area contributed by atoms with Crippen LogP contribution in [0, 0.1) is 0 Å². The highest BCUT2D eigenvalue weighted by atomic mass is 16.3. The fourth-order valence-electron chi connectivity index (χ4n) is 1.76. The van der Waals surface area contributed by atoms with Crippen LogP contribution in [0.5, 0.6) is 5.75 Å². The Kier molecular flexibility index (Phi) is 4.50. The lowest BCUT2D eigenvalue weighted by molar-refractivity contribution is -0.121. The molecule has 0 radical (unpaired) electrons. The molecule has 1 aromatic heterocycles. The van der Waals surface area contributed by atoms with E-state index in [0.717, 1.165) is 11.1 Å². The quantitative estimate of drug-likeness (QED) is 0.860. The first-order valence-electron chi connectivity index (χ1n) is 6.17. The van der Waals surface area contributed by atoms with Gasteiger partial charge in [0, 0.05) is 25.4 Å². The number of rotatable bonds is 5. The summed E-state index contributed by atoms with van der Waals surface area (Å²) < 4.78 is 0. The third kappa shape index (κ3) is 4.43. The van der Waals surface area contributed by atoms with Gasteiger partial charge in [0.2, 0.25) is 5.91 Å². The zero-order valence-electron chi connectivity index (χ0n) is 10.5. The number of carbonyl (C=O) groups excluding carboxylic acids is 1. The highest BCUT2D eigenvalue weighted by Crippen LogP contribution is 2.10. The van der Waals surface area contributed by atoms with Crippen molar-refractivity contribution in [3.05, 3.63) is 59.9 Å². The summed E-state index contributed by atoms with van der Waals surface area (Å²) in [5.41, 5.74) is 1.99. The van der Waals surface area contributed by atoms with E-state index in [1.165, 1.54) is 0 Å². The summed E-state index contributed by atoms with van der Waals surface area (Å²) in [4.78, 5) is 15.6. The predicted octanol–water partition coefficient (Wildman–Crippen LogP) is 2.04. The number of aromatic nitrogens is 1. The summed E-state index contributed by atoms with van der Waals surface area (Å²) in [6.45, 7) is 0.434. The molecule has 0 spiro atoms. The number of hydrogen-bond donors (Lipinski definition) is 2. The second kappa shape index (κ2) is 6.54. The molecule has 0 aliphatic heterocycles. The van der Waals surface area contributed by atoms with E-state index in [2.05, 4.69) is 10.3 Å². The van der Waals surface area contributed by atoms with Crippen molar-refractivity contribution in [1.82, 2.24) is 10.3 Å². The van der Waals surface area contributed by atoms with E-state index in [1.54, 1.807) is 30.6 Å². The monoisotopic (exact) mass is 256 g/mol. The molecule has 0 saturated heterocycles. The molecule has 0 fully saturated rings. The van der Waals surface area contributed by atoms with E-state index in [-0.39, 0.29) is 11.7 Å². The third-order valence-corrected chi connectivity index (χ3v) is 2.79. The Bertz CT molecular complexity index is 541. The van der Waals surface area contributed by atoms with Crippen molar-refractivity contribution in [2.45, 2.75) is 19.4 Å². The van der Waals surface area contributed by atoms with Gasteiger partial charge in [-0.05, 0) is 41.8 Å². The molecule has 0 unspecified atom stereocenters. The van der Waals surface area contributed by atoms with Gasteiger partial charge in [-0.3, -0.25) is 9.78 Å². The summed E-state index contributed by atoms with van der Waals surface area (Å²) in [5, 5.41) is 12.1. The summed E-state index contributed by atoms with van der Waals surface area (Å²) in [7, 11) is 0. The van der Waals surface area contributed by atoms with Crippen molar-refractivity contribution in [2.75, 3.05) is 0 Å². The topological polar surface area (TPSA) is 62.2 Å². The van der Waals surface area contributed by atoms with Crippen molar-refractivity contribution in [3.8, 4) is 5.75 Å². The van der Waals surface area contributed by atoms with Crippen LogP contribution in [0.25, 0.3) is 0 Å². The number of hydrogen-bond acceptors (Lipinski definition) is 3. The molecular formula is C15H16N2O2. The number of aryl methyl sites for hydroxylation is 1. The van der Waals surface area contributed by atoms with E-state index < -0.39 is 0 Å². The Hall–Kier alpha value is -2.36. The van der Waals surface area contributed by atoms with Crippen molar-refractivity contribution in [3.63, 3.8) is 0 Å². The van der Waals surface area contributed by atoms with Crippen LogP contribution in [0.1, 0.15) is 17.5 Å². The molecule has 1 aromatic carbocycles. The Morgan fingerprint density at radius 3 is 2.68 bits per heavy atom. The minimum absolute atomic E-state index is 0.000144. The third-order valence-electron chi connectivity index (χ3n) is 2.79. The first-order chi connectivity index (χ1) is 9.24. The fraction of sp³-hybridized carbons (Fsp3) is 0.200. The van der Waals surface area contributed by atoms with Crippen molar-refractivity contribution in [1.29, 1.82) is 0 Å². The summed E-state index contributed by atoms with van der Waals surface area (Å²) >= 11 is 0. The largest absolute Gasteiger partial charge is 0.508 e. The Morgan fingerprint density at radius 1 is 1.16 bits per heavy atom. The van der Waals surface area contributed by atoms with Crippen LogP contribution >= 0.6 is 0 Å². The Morgan fingerprint density at radius 2 is 1.95 bits per heavy atom. The zero-order chi connectivity index (χ0) is 13.5. The first kappa shape index (κ1) is 13.1. The summed E-state index contributed by atoms with van der Waals surface area (Å²) in [6, 6.07) is 10.7. The second-order valence-corrected chi connectivity index (χ2v) is 4.30. The number of nitrogens with zero attached hydrogens (tertiary/aromatic N) is 1. The van der Waals surface area contributed by atoms with Crippen LogP contribution in [0.2, 0.25) is 0 Å². The lowest BCUT2D eigenvalue weighted by atomic mass is 10.1. The predicted molar refractivity (Wildman–Crippen MR) is 72.5 cm³/mol. The lowest BCUT2D eigenvalue weighted by Crippen LogP contribution is -2.22. The van der Waals surface area contributed by atoms with Crippen LogP contribution < -0.4 is 5.32 Å². The van der Waals surface area contributed by atoms with Gasteiger partial charge < -0.3 is 10.4 Å². The van der Waals surface area contributed by atoms with Crippen molar-refractivity contribution >= 4 is 5.91 Å². The number of phenols is 1. The maximum absolute atomic E-state index is 11.7. The number of phenolic OH excluding ortho intramolecular Hbond substituents is 1. The van der Waals surface area contributed by atoms with Gasteiger partial charge >= 0.3 is 0 Å². The van der Waals surface area contributed by atoms with E-state index in [0.29, 0.717) is 19.4 Å². The smallest absolute Gasteiger partial charge is 0.220 e. The van der Waals surface area contributed by atoms with Gasteiger partial charge in [-0.25, -0.2) is 0 Å². The van der Waals surface area contributed by atoms with Gasteiger partial charge in [0.25, 0.3) is 0 Å². The van der Waals surface area contributed by atoms with Crippen LogP contribution in [0.4, 0.5) is 0 Å². The van der Waals surface area contributed by atoms with Crippen LogP contribution in [-0.4, -0.2) is 16.0 Å². The molecule has 1 amide bonds. The lowest BCUT2D eigenvalue weighted by Gasteiger charge is -2.06. The van der Waals surface area contributed by atoms with E-state index in [1.807, 2.05) is 18.2 Å². The van der Waals surface area contributed by atoms with E-state index in [4.69, 9.17) is 0 Å². The highest BCUT2D eigenvalue weighted by Gasteiger charge is 2.02. The van der Waals surface area contributed by atoms with Crippen LogP contribution in [-0.2, 0) is 17.8 Å². The summed E-state index contributed by atoms with van der Waals surface area (Å²) in [5.74, 6) is 0.212. The van der Waals surface area contributed by atoms with Gasteiger partial charge in [0.15, 0.2) is 0 Å². The van der Waals surface area contributed by atoms with Crippen molar-refractivity contribution in [2.24, 2.45) is 0 Å². The van der Waals surface area contributed by atoms with Crippen LogP contribution in [0.15, 0.2) is 48.8 Å². The normalized spacial score (nSPS) is 10.1. The molecule has 0 atom stereocenters. The maximum Gasteiger partial charge on any atom is 0.220 e. The maximum atomic E-state index is 11.7. The average Bonchev–Trinajstić information content (AvgIpc) is 2.44. The molecule has 0 bridgehead atoms. The first-order valence-corrected chi connectivity index (χ1v) is 6.17. The number of benzene rings is 1. The zero-order valence-corrected chi connectivity index (χ0v) is 10.5. The molecular weight excluding hydrogens is 240 g/mol. The van der Waals surface area contributed by atoms with Gasteiger partial charge in [0.05, 0.1) is 0 Å². The molecule has 4 heteroatoms. The molecule has 2 N–H and O–H groups in total. The Labute approximate surface area is 112 Å². The molecule has 0 saturated carbocycles. The van der Waals surface area contributed by atoms with Gasteiger partial charge in [-0.2, -0.15) is 0 Å². The SMILES string of the molecule is O=C(CCc1ccncc1)NCc1cccc(O)c1. The fourth-order valence-corrected chi connectivity index (χ4v) is 1.76. The Balaban J connectivity index is 1.76.